The van der Waals surface area contributed by atoms with Gasteiger partial charge in [-0.15, -0.1) is 0 Å². The zero-order valence-corrected chi connectivity index (χ0v) is 21.2. The Morgan fingerprint density at radius 3 is 2.60 bits per heavy atom. The van der Waals surface area contributed by atoms with Crippen molar-refractivity contribution in [3.63, 3.8) is 0 Å². The molecule has 2 saturated carbocycles. The first kappa shape index (κ1) is 25.5. The Balaban J connectivity index is 1.28. The number of amides is 2. The molecule has 5 atom stereocenters. The highest BCUT2D eigenvalue weighted by molar-refractivity contribution is 5.86. The number of hydrogen-bond donors (Lipinski definition) is 3. The third-order valence-corrected chi connectivity index (χ3v) is 8.10. The fourth-order valence-corrected chi connectivity index (χ4v) is 6.46. The van der Waals surface area contributed by atoms with Gasteiger partial charge < -0.3 is 25.2 Å². The van der Waals surface area contributed by atoms with E-state index in [9.17, 15) is 19.5 Å². The van der Waals surface area contributed by atoms with Crippen LogP contribution in [0.5, 0.6) is 5.75 Å². The van der Waals surface area contributed by atoms with Crippen LogP contribution >= 0.6 is 0 Å². The van der Waals surface area contributed by atoms with Crippen molar-refractivity contribution in [1.82, 2.24) is 10.6 Å². The normalized spacial score (nSPS) is 29.3. The molecule has 0 aliphatic heterocycles. The quantitative estimate of drug-likeness (QED) is 0.434. The van der Waals surface area contributed by atoms with Crippen LogP contribution in [-0.4, -0.2) is 47.9 Å². The Hall–Kier alpha value is -2.61. The van der Waals surface area contributed by atoms with Crippen LogP contribution in [0.3, 0.4) is 0 Å². The highest BCUT2D eigenvalue weighted by Crippen LogP contribution is 2.60. The van der Waals surface area contributed by atoms with Gasteiger partial charge in [0.15, 0.2) is 0 Å². The molecule has 1 aromatic carbocycles. The van der Waals surface area contributed by atoms with Gasteiger partial charge in [0.1, 0.15) is 24.4 Å². The Morgan fingerprint density at radius 2 is 1.86 bits per heavy atom. The monoisotopic (exact) mass is 486 g/mol. The van der Waals surface area contributed by atoms with E-state index in [0.29, 0.717) is 23.5 Å². The van der Waals surface area contributed by atoms with Crippen molar-refractivity contribution in [2.75, 3.05) is 13.1 Å². The molecular formula is C27H38N2O6. The van der Waals surface area contributed by atoms with E-state index in [0.717, 1.165) is 38.5 Å². The zero-order chi connectivity index (χ0) is 25.4. The maximum Gasteiger partial charge on any atom is 0.408 e. The van der Waals surface area contributed by atoms with E-state index < -0.39 is 23.6 Å². The minimum absolute atomic E-state index is 0.0565. The minimum Gasteiger partial charge on any atom is -0.444 e. The van der Waals surface area contributed by atoms with E-state index >= 15 is 0 Å². The third kappa shape index (κ3) is 5.63. The van der Waals surface area contributed by atoms with Crippen molar-refractivity contribution in [3.05, 3.63) is 29.3 Å². The maximum absolute atomic E-state index is 12.3. The van der Waals surface area contributed by atoms with Crippen molar-refractivity contribution in [1.29, 1.82) is 0 Å². The molecule has 35 heavy (non-hydrogen) atoms. The molecular weight excluding hydrogens is 448 g/mol. The Kier molecular flexibility index (Phi) is 7.13. The van der Waals surface area contributed by atoms with Gasteiger partial charge in [0.2, 0.25) is 5.91 Å². The fraction of sp³-hybridized carbons (Fsp3) is 0.667. The summed E-state index contributed by atoms with van der Waals surface area (Å²) in [6.07, 6.45) is 5.34. The molecule has 0 bridgehead atoms. The van der Waals surface area contributed by atoms with Gasteiger partial charge in [-0.3, -0.25) is 4.79 Å². The second kappa shape index (κ2) is 9.80. The number of fused-ring (bicyclic) bond motifs is 5. The first-order valence-electron chi connectivity index (χ1n) is 12.7. The molecule has 0 heterocycles. The molecule has 1 unspecified atom stereocenters. The van der Waals surface area contributed by atoms with Crippen molar-refractivity contribution in [2.24, 2.45) is 17.3 Å². The third-order valence-electron chi connectivity index (χ3n) is 8.10. The van der Waals surface area contributed by atoms with Gasteiger partial charge in [-0.25, -0.2) is 9.59 Å². The van der Waals surface area contributed by atoms with Gasteiger partial charge in [0, 0.05) is 0 Å². The summed E-state index contributed by atoms with van der Waals surface area (Å²) in [5.74, 6) is 1.09. The van der Waals surface area contributed by atoms with Gasteiger partial charge >= 0.3 is 12.1 Å². The lowest BCUT2D eigenvalue weighted by molar-refractivity contribution is -0.135. The minimum atomic E-state index is -0.696. The van der Waals surface area contributed by atoms with Gasteiger partial charge in [0.05, 0.1) is 6.10 Å². The SMILES string of the molecule is CC(C)(C)OC(=O)NCC(=O)NCC(=O)Oc1ccc2c(c1)CC[C@@H]1[C@@H]2CC[C@]2(C)C(O)CC[C@@H]12. The molecule has 2 fully saturated rings. The fourth-order valence-electron chi connectivity index (χ4n) is 6.46. The number of ether oxygens (including phenoxy) is 2. The second-order valence-electron chi connectivity index (χ2n) is 11.5. The molecule has 0 saturated heterocycles. The molecule has 2 amide bonds. The van der Waals surface area contributed by atoms with Crippen molar-refractivity contribution >= 4 is 18.0 Å². The van der Waals surface area contributed by atoms with Crippen molar-refractivity contribution < 1.29 is 29.0 Å². The molecule has 3 aliphatic rings. The largest absolute Gasteiger partial charge is 0.444 e. The van der Waals surface area contributed by atoms with E-state index in [1.807, 2.05) is 12.1 Å². The number of carbonyl (C=O) groups excluding carboxylic acids is 3. The number of alkyl carbamates (subject to hydrolysis) is 1. The molecule has 1 aromatic rings. The highest BCUT2D eigenvalue weighted by Gasteiger charge is 2.54. The van der Waals surface area contributed by atoms with Gasteiger partial charge in [-0.1, -0.05) is 13.0 Å². The van der Waals surface area contributed by atoms with E-state index in [1.54, 1.807) is 20.8 Å². The highest BCUT2D eigenvalue weighted by atomic mass is 16.6. The van der Waals surface area contributed by atoms with Gasteiger partial charge in [0.25, 0.3) is 0 Å². The van der Waals surface area contributed by atoms with E-state index in [2.05, 4.69) is 23.6 Å². The summed E-state index contributed by atoms with van der Waals surface area (Å²) in [6, 6.07) is 5.88. The lowest BCUT2D eigenvalue weighted by Crippen LogP contribution is -2.43. The van der Waals surface area contributed by atoms with Crippen LogP contribution < -0.4 is 15.4 Å². The molecule has 0 radical (unpaired) electrons. The summed E-state index contributed by atoms with van der Waals surface area (Å²) in [4.78, 5) is 35.8. The average molecular weight is 487 g/mol. The number of aliphatic hydroxyl groups excluding tert-OH is 1. The standard InChI is InChI=1S/C27H38N2O6/c1-26(2,3)35-25(33)29-14-23(31)28-15-24(32)34-17-6-8-18-16(13-17)5-7-20-19(18)11-12-27(4)21(20)9-10-22(27)30/h6,8,13,19-22,30H,5,7,9-12,14-15H2,1-4H3,(H,28,31)(H,29,33)/t19-,20-,21+,22?,27+/m1/s1. The van der Waals surface area contributed by atoms with Crippen LogP contribution in [0.25, 0.3) is 0 Å². The van der Waals surface area contributed by atoms with Crippen LogP contribution in [0.15, 0.2) is 18.2 Å². The summed E-state index contributed by atoms with van der Waals surface area (Å²) in [6.45, 7) is 6.88. The molecule has 4 rings (SSSR count). The summed E-state index contributed by atoms with van der Waals surface area (Å²) in [5.41, 5.74) is 1.98. The number of hydrogen-bond acceptors (Lipinski definition) is 6. The first-order valence-corrected chi connectivity index (χ1v) is 12.7. The van der Waals surface area contributed by atoms with Crippen LogP contribution in [0.1, 0.15) is 76.8 Å². The molecule has 0 aromatic heterocycles. The summed E-state index contributed by atoms with van der Waals surface area (Å²) in [5, 5.41) is 15.4. The average Bonchev–Trinajstić information content (AvgIpc) is 3.09. The number of esters is 1. The first-order chi connectivity index (χ1) is 16.5. The predicted molar refractivity (Wildman–Crippen MR) is 130 cm³/mol. The number of carbonyl (C=O) groups is 3. The van der Waals surface area contributed by atoms with Crippen LogP contribution in [0.2, 0.25) is 0 Å². The van der Waals surface area contributed by atoms with E-state index in [4.69, 9.17) is 9.47 Å². The van der Waals surface area contributed by atoms with E-state index in [-0.39, 0.29) is 24.6 Å². The lowest BCUT2D eigenvalue weighted by atomic mass is 9.55. The Labute approximate surface area is 207 Å². The maximum atomic E-state index is 12.3. The van der Waals surface area contributed by atoms with Gasteiger partial charge in [-0.2, -0.15) is 0 Å². The number of aryl methyl sites for hydroxylation is 1. The second-order valence-corrected chi connectivity index (χ2v) is 11.5. The molecule has 8 heteroatoms. The lowest BCUT2D eigenvalue weighted by Gasteiger charge is -2.50. The predicted octanol–water partition coefficient (Wildman–Crippen LogP) is 3.45. The number of benzene rings is 1. The topological polar surface area (TPSA) is 114 Å². The van der Waals surface area contributed by atoms with Crippen molar-refractivity contribution in [2.45, 2.75) is 83.8 Å². The zero-order valence-electron chi connectivity index (χ0n) is 21.2. The Morgan fingerprint density at radius 1 is 1.09 bits per heavy atom. The van der Waals surface area contributed by atoms with Crippen LogP contribution in [0.4, 0.5) is 4.79 Å². The summed E-state index contributed by atoms with van der Waals surface area (Å²) in [7, 11) is 0. The molecule has 192 valence electrons. The van der Waals surface area contributed by atoms with E-state index in [1.165, 1.54) is 11.1 Å². The summed E-state index contributed by atoms with van der Waals surface area (Å²) < 4.78 is 10.5. The number of rotatable bonds is 5. The number of aliphatic hydroxyl groups is 1. The molecule has 3 N–H and O–H groups in total. The van der Waals surface area contributed by atoms with Crippen molar-refractivity contribution in [3.8, 4) is 5.75 Å². The Bertz CT molecular complexity index is 986. The smallest absolute Gasteiger partial charge is 0.408 e. The number of nitrogens with one attached hydrogen (secondary N) is 2. The van der Waals surface area contributed by atoms with Crippen LogP contribution in [-0.2, 0) is 20.7 Å². The van der Waals surface area contributed by atoms with Crippen LogP contribution in [0, 0.1) is 17.3 Å². The van der Waals surface area contributed by atoms with Gasteiger partial charge in [-0.05, 0) is 106 Å². The molecule has 3 aliphatic carbocycles. The molecule has 0 spiro atoms. The molecule has 8 nitrogen and oxygen atoms in total. The summed E-state index contributed by atoms with van der Waals surface area (Å²) >= 11 is 0.